The van der Waals surface area contributed by atoms with E-state index in [-0.39, 0.29) is 18.0 Å². The fourth-order valence-corrected chi connectivity index (χ4v) is 1.51. The van der Waals surface area contributed by atoms with Gasteiger partial charge in [-0.25, -0.2) is 9.18 Å². The van der Waals surface area contributed by atoms with Crippen LogP contribution in [0, 0.1) is 0 Å². The zero-order valence-electron chi connectivity index (χ0n) is 10.8. The van der Waals surface area contributed by atoms with Crippen LogP contribution in [-0.2, 0) is 4.74 Å². The minimum atomic E-state index is -1.20. The van der Waals surface area contributed by atoms with E-state index in [0.29, 0.717) is 0 Å². The quantitative estimate of drug-likeness (QED) is 0.718. The third-order valence-electron chi connectivity index (χ3n) is 2.80. The van der Waals surface area contributed by atoms with E-state index in [1.807, 2.05) is 0 Å². The highest BCUT2D eigenvalue weighted by atomic mass is 19.1. The second-order valence-corrected chi connectivity index (χ2v) is 4.39. The predicted octanol–water partition coefficient (Wildman–Crippen LogP) is 2.44. The summed E-state index contributed by atoms with van der Waals surface area (Å²) in [5.41, 5.74) is 0.0734. The third kappa shape index (κ3) is 4.14. The Morgan fingerprint density at radius 1 is 1.67 bits per heavy atom. The van der Waals surface area contributed by atoms with Gasteiger partial charge in [-0.05, 0) is 26.2 Å². The normalized spacial score (nSPS) is 19.6. The van der Waals surface area contributed by atoms with Crippen LogP contribution in [0.2, 0.25) is 0 Å². The van der Waals surface area contributed by atoms with Gasteiger partial charge in [-0.15, -0.1) is 0 Å². The first-order valence-corrected chi connectivity index (χ1v) is 6.15. The number of hydrogen-bond donors (Lipinski definition) is 2. The number of amides is 1. The Morgan fingerprint density at radius 3 is 2.72 bits per heavy atom. The maximum absolute atomic E-state index is 13.5. The molecule has 0 bridgehead atoms. The number of aliphatic hydroxyl groups is 1. The van der Waals surface area contributed by atoms with Gasteiger partial charge in [0.05, 0.1) is 0 Å². The summed E-state index contributed by atoms with van der Waals surface area (Å²) in [6, 6.07) is 0.184. The molecular weight excluding hydrogens is 237 g/mol. The molecule has 5 heteroatoms. The Balaban J connectivity index is 2.55. The molecule has 1 rings (SSSR count). The lowest BCUT2D eigenvalue weighted by atomic mass is 10.0. The number of nitrogens with one attached hydrogen (secondary N) is 1. The molecule has 0 saturated heterocycles. The van der Waals surface area contributed by atoms with Crippen molar-refractivity contribution in [1.82, 2.24) is 5.32 Å². The summed E-state index contributed by atoms with van der Waals surface area (Å²) >= 11 is 0. The summed E-state index contributed by atoms with van der Waals surface area (Å²) < 4.78 is 18.4. The van der Waals surface area contributed by atoms with Crippen molar-refractivity contribution in [2.24, 2.45) is 0 Å². The van der Waals surface area contributed by atoms with Crippen LogP contribution < -0.4 is 5.32 Å². The molecule has 0 radical (unpaired) electrons. The SMILES string of the molecule is C=C/C(=C(/F)CC)[C@H](O)[C@H](C)OC(=O)NC1CC1. The van der Waals surface area contributed by atoms with E-state index in [0.717, 1.165) is 12.8 Å². The molecule has 18 heavy (non-hydrogen) atoms. The standard InChI is InChI=1S/C13H20FNO3/c1-4-10(11(14)5-2)12(16)8(3)18-13(17)15-9-6-7-9/h4,8-9,12,16H,1,5-7H2,2-3H3,(H,15,17)/b11-10-/t8-,12+/m0/s1. The molecule has 0 spiro atoms. The number of allylic oxidation sites excluding steroid dienone is 1. The number of carbonyl (C=O) groups excluding carboxylic acids is 1. The lowest BCUT2D eigenvalue weighted by Crippen LogP contribution is -2.35. The van der Waals surface area contributed by atoms with Crippen molar-refractivity contribution in [3.8, 4) is 0 Å². The van der Waals surface area contributed by atoms with Crippen molar-refractivity contribution in [3.05, 3.63) is 24.1 Å². The van der Waals surface area contributed by atoms with E-state index < -0.39 is 24.1 Å². The molecule has 1 fully saturated rings. The summed E-state index contributed by atoms with van der Waals surface area (Å²) in [6.07, 6.45) is 0.718. The highest BCUT2D eigenvalue weighted by molar-refractivity contribution is 5.68. The van der Waals surface area contributed by atoms with Gasteiger partial charge in [0.25, 0.3) is 0 Å². The molecule has 0 heterocycles. The number of ether oxygens (including phenoxy) is 1. The Morgan fingerprint density at radius 2 is 2.28 bits per heavy atom. The molecule has 0 aliphatic heterocycles. The van der Waals surface area contributed by atoms with Crippen molar-refractivity contribution in [1.29, 1.82) is 0 Å². The molecular formula is C13H20FNO3. The molecule has 1 amide bonds. The van der Waals surface area contributed by atoms with E-state index in [9.17, 15) is 14.3 Å². The van der Waals surface area contributed by atoms with E-state index in [1.165, 1.54) is 13.0 Å². The number of alkyl carbamates (subject to hydrolysis) is 1. The number of hydrogen-bond acceptors (Lipinski definition) is 3. The fourth-order valence-electron chi connectivity index (χ4n) is 1.51. The molecule has 0 unspecified atom stereocenters. The molecule has 0 aromatic rings. The molecule has 0 aromatic heterocycles. The Hall–Kier alpha value is -1.36. The lowest BCUT2D eigenvalue weighted by molar-refractivity contribution is 0.0308. The first-order chi connectivity index (χ1) is 8.49. The average Bonchev–Trinajstić information content (AvgIpc) is 3.12. The van der Waals surface area contributed by atoms with Crippen LogP contribution in [0.3, 0.4) is 0 Å². The summed E-state index contributed by atoms with van der Waals surface area (Å²) in [6.45, 7) is 6.61. The van der Waals surface area contributed by atoms with Crippen LogP contribution in [0.25, 0.3) is 0 Å². The lowest BCUT2D eigenvalue weighted by Gasteiger charge is -2.21. The summed E-state index contributed by atoms with van der Waals surface area (Å²) in [4.78, 5) is 11.4. The average molecular weight is 257 g/mol. The molecule has 1 saturated carbocycles. The van der Waals surface area contributed by atoms with E-state index >= 15 is 0 Å². The van der Waals surface area contributed by atoms with Crippen LogP contribution in [-0.4, -0.2) is 29.4 Å². The summed E-state index contributed by atoms with van der Waals surface area (Å²) in [7, 11) is 0. The minimum absolute atomic E-state index is 0.0734. The maximum Gasteiger partial charge on any atom is 0.407 e. The molecule has 1 aliphatic carbocycles. The second-order valence-electron chi connectivity index (χ2n) is 4.39. The molecule has 0 aromatic carbocycles. The number of aliphatic hydroxyl groups excluding tert-OH is 1. The van der Waals surface area contributed by atoms with Crippen molar-refractivity contribution >= 4 is 6.09 Å². The molecule has 1 aliphatic rings. The Kier molecular flexibility index (Phi) is 5.34. The van der Waals surface area contributed by atoms with Gasteiger partial charge >= 0.3 is 6.09 Å². The first kappa shape index (κ1) is 14.7. The van der Waals surface area contributed by atoms with Gasteiger partial charge in [0, 0.05) is 11.6 Å². The van der Waals surface area contributed by atoms with Gasteiger partial charge in [-0.1, -0.05) is 19.6 Å². The largest absolute Gasteiger partial charge is 0.443 e. The van der Waals surface area contributed by atoms with Gasteiger partial charge in [-0.2, -0.15) is 0 Å². The monoisotopic (exact) mass is 257 g/mol. The Bertz CT molecular complexity index is 350. The van der Waals surface area contributed by atoms with Gasteiger partial charge in [0.15, 0.2) is 0 Å². The smallest absolute Gasteiger partial charge is 0.407 e. The molecule has 2 N–H and O–H groups in total. The van der Waals surface area contributed by atoms with Crippen LogP contribution >= 0.6 is 0 Å². The maximum atomic E-state index is 13.5. The fraction of sp³-hybridized carbons (Fsp3) is 0.615. The van der Waals surface area contributed by atoms with Crippen LogP contribution in [0.5, 0.6) is 0 Å². The van der Waals surface area contributed by atoms with Crippen molar-refractivity contribution in [3.63, 3.8) is 0 Å². The molecule has 4 nitrogen and oxygen atoms in total. The van der Waals surface area contributed by atoms with E-state index in [1.54, 1.807) is 6.92 Å². The van der Waals surface area contributed by atoms with Crippen molar-refractivity contribution in [2.45, 2.75) is 51.4 Å². The van der Waals surface area contributed by atoms with Crippen LogP contribution in [0.15, 0.2) is 24.1 Å². The number of halogens is 1. The van der Waals surface area contributed by atoms with Gasteiger partial charge in [0.1, 0.15) is 18.0 Å². The third-order valence-corrected chi connectivity index (χ3v) is 2.80. The first-order valence-electron chi connectivity index (χ1n) is 6.15. The summed E-state index contributed by atoms with van der Waals surface area (Å²) in [5.74, 6) is -0.449. The molecule has 102 valence electrons. The Labute approximate surface area is 107 Å². The highest BCUT2D eigenvalue weighted by Gasteiger charge is 2.27. The van der Waals surface area contributed by atoms with E-state index in [2.05, 4.69) is 11.9 Å². The summed E-state index contributed by atoms with van der Waals surface area (Å²) in [5, 5.41) is 12.5. The second kappa shape index (κ2) is 6.54. The van der Waals surface area contributed by atoms with Gasteiger partial charge in [-0.3, -0.25) is 0 Å². The van der Waals surface area contributed by atoms with Gasteiger partial charge in [0.2, 0.25) is 0 Å². The van der Waals surface area contributed by atoms with Crippen LogP contribution in [0.1, 0.15) is 33.1 Å². The number of carbonyl (C=O) groups is 1. The van der Waals surface area contributed by atoms with Crippen molar-refractivity contribution < 1.29 is 19.0 Å². The topological polar surface area (TPSA) is 58.6 Å². The zero-order chi connectivity index (χ0) is 13.7. The van der Waals surface area contributed by atoms with E-state index in [4.69, 9.17) is 4.74 Å². The highest BCUT2D eigenvalue weighted by Crippen LogP contribution is 2.21. The number of rotatable bonds is 6. The minimum Gasteiger partial charge on any atom is -0.443 e. The zero-order valence-corrected chi connectivity index (χ0v) is 10.8. The van der Waals surface area contributed by atoms with Crippen molar-refractivity contribution in [2.75, 3.05) is 0 Å². The predicted molar refractivity (Wildman–Crippen MR) is 66.7 cm³/mol. The van der Waals surface area contributed by atoms with Crippen LogP contribution in [0.4, 0.5) is 9.18 Å². The molecule has 2 atom stereocenters. The van der Waals surface area contributed by atoms with Gasteiger partial charge < -0.3 is 15.2 Å².